The number of amides is 1. The van der Waals surface area contributed by atoms with Crippen LogP contribution in [0, 0.1) is 0 Å². The molecule has 0 aromatic rings. The Bertz CT molecular complexity index is 274. The van der Waals surface area contributed by atoms with Crippen molar-refractivity contribution < 1.29 is 4.79 Å². The van der Waals surface area contributed by atoms with Gasteiger partial charge in [0.15, 0.2) is 5.17 Å². The minimum absolute atomic E-state index is 0.154. The van der Waals surface area contributed by atoms with Gasteiger partial charge in [-0.25, -0.2) is 4.99 Å². The van der Waals surface area contributed by atoms with Gasteiger partial charge < -0.3 is 11.1 Å². The van der Waals surface area contributed by atoms with Gasteiger partial charge in [-0.05, 0) is 19.8 Å². The number of nitrogens with two attached hydrogens (primary N) is 1. The number of rotatable bonds is 4. The minimum atomic E-state index is -0.440. The van der Waals surface area contributed by atoms with Gasteiger partial charge in [-0.2, -0.15) is 0 Å². The van der Waals surface area contributed by atoms with E-state index in [4.69, 9.17) is 5.73 Å². The van der Waals surface area contributed by atoms with Crippen LogP contribution in [0.4, 0.5) is 0 Å². The number of carbonyl (C=O) groups excluding carboxylic acids is 1. The zero-order valence-corrected chi connectivity index (χ0v) is 10.4. The average molecular weight is 229 g/mol. The molecule has 1 rings (SSSR count). The fourth-order valence-corrected chi connectivity index (χ4v) is 2.86. The van der Waals surface area contributed by atoms with Gasteiger partial charge in [0.2, 0.25) is 5.91 Å². The van der Waals surface area contributed by atoms with Gasteiger partial charge >= 0.3 is 0 Å². The van der Waals surface area contributed by atoms with Gasteiger partial charge in [-0.15, -0.1) is 0 Å². The third kappa shape index (κ3) is 2.87. The first-order valence-electron chi connectivity index (χ1n) is 5.31. The first-order chi connectivity index (χ1) is 7.03. The predicted octanol–water partition coefficient (Wildman–Crippen LogP) is 1.11. The summed E-state index contributed by atoms with van der Waals surface area (Å²) in [5, 5.41) is 4.25. The summed E-state index contributed by atoms with van der Waals surface area (Å²) in [5.41, 5.74) is 5.32. The summed E-state index contributed by atoms with van der Waals surface area (Å²) in [4.78, 5) is 15.1. The summed E-state index contributed by atoms with van der Waals surface area (Å²) in [6.45, 7) is 6.05. The van der Waals surface area contributed by atoms with E-state index in [0.29, 0.717) is 0 Å². The smallest absolute Gasteiger partial charge is 0.242 e. The van der Waals surface area contributed by atoms with Crippen LogP contribution >= 0.6 is 11.8 Å². The Morgan fingerprint density at radius 3 is 2.67 bits per heavy atom. The molecule has 1 unspecified atom stereocenters. The Hall–Kier alpha value is -0.710. The lowest BCUT2D eigenvalue weighted by Gasteiger charge is -2.25. The second kappa shape index (κ2) is 4.88. The standard InChI is InChI=1S/C10H19N3OS/c1-4-10(5-2)6-15-9(13-10)12-7(3)8(11)14/h7H,4-6H2,1-3H3,(H2,11,14)(H,12,13). The van der Waals surface area contributed by atoms with Gasteiger partial charge in [0.25, 0.3) is 0 Å². The molecule has 86 valence electrons. The van der Waals surface area contributed by atoms with Crippen LogP contribution in [0.3, 0.4) is 0 Å². The van der Waals surface area contributed by atoms with Crippen LogP contribution in [-0.4, -0.2) is 28.4 Å². The van der Waals surface area contributed by atoms with Crippen molar-refractivity contribution in [2.75, 3.05) is 5.75 Å². The van der Waals surface area contributed by atoms with Crippen LogP contribution in [0.5, 0.6) is 0 Å². The van der Waals surface area contributed by atoms with E-state index in [1.807, 2.05) is 0 Å². The third-order valence-electron chi connectivity index (χ3n) is 2.93. The van der Waals surface area contributed by atoms with E-state index in [2.05, 4.69) is 24.2 Å². The molecule has 0 aliphatic carbocycles. The molecule has 0 spiro atoms. The molecule has 3 N–H and O–H groups in total. The lowest BCUT2D eigenvalue weighted by atomic mass is 9.96. The van der Waals surface area contributed by atoms with E-state index in [1.165, 1.54) is 0 Å². The largest absolute Gasteiger partial charge is 0.368 e. The van der Waals surface area contributed by atoms with E-state index in [-0.39, 0.29) is 11.4 Å². The quantitative estimate of drug-likeness (QED) is 0.759. The molecule has 0 saturated carbocycles. The van der Waals surface area contributed by atoms with Crippen LogP contribution in [0.15, 0.2) is 4.99 Å². The van der Waals surface area contributed by atoms with Crippen molar-refractivity contribution in [3.63, 3.8) is 0 Å². The molecule has 0 aromatic heterocycles. The van der Waals surface area contributed by atoms with Crippen molar-refractivity contribution >= 4 is 22.8 Å². The van der Waals surface area contributed by atoms with E-state index in [1.54, 1.807) is 18.7 Å². The number of aliphatic imine (C=N–C) groups is 1. The van der Waals surface area contributed by atoms with Crippen molar-refractivity contribution in [2.45, 2.75) is 45.2 Å². The number of amidine groups is 1. The minimum Gasteiger partial charge on any atom is -0.368 e. The molecule has 0 aromatic carbocycles. The molecular weight excluding hydrogens is 210 g/mol. The van der Waals surface area contributed by atoms with E-state index in [0.717, 1.165) is 23.8 Å². The highest BCUT2D eigenvalue weighted by atomic mass is 32.2. The molecule has 0 bridgehead atoms. The van der Waals surface area contributed by atoms with Crippen molar-refractivity contribution in [3.8, 4) is 0 Å². The maximum absolute atomic E-state index is 10.9. The normalized spacial score (nSPS) is 23.8. The first kappa shape index (κ1) is 12.4. The summed E-state index contributed by atoms with van der Waals surface area (Å²) >= 11 is 1.68. The number of nitrogens with one attached hydrogen (secondary N) is 1. The highest BCUT2D eigenvalue weighted by Crippen LogP contribution is 2.29. The number of primary amides is 1. The van der Waals surface area contributed by atoms with Gasteiger partial charge in [0.05, 0.1) is 0 Å². The van der Waals surface area contributed by atoms with E-state index < -0.39 is 6.04 Å². The predicted molar refractivity (Wildman–Crippen MR) is 65.0 cm³/mol. The molecule has 1 amide bonds. The fourth-order valence-electron chi connectivity index (χ4n) is 1.45. The lowest BCUT2D eigenvalue weighted by Crippen LogP contribution is -2.42. The highest BCUT2D eigenvalue weighted by molar-refractivity contribution is 8.14. The number of nitrogens with zero attached hydrogens (tertiary/aromatic N) is 1. The zero-order chi connectivity index (χ0) is 11.5. The Morgan fingerprint density at radius 1 is 1.67 bits per heavy atom. The fraction of sp³-hybridized carbons (Fsp3) is 0.800. The number of carbonyl (C=O) groups is 1. The topological polar surface area (TPSA) is 67.5 Å². The number of thioether (sulfide) groups is 1. The molecule has 1 aliphatic rings. The molecule has 4 nitrogen and oxygen atoms in total. The summed E-state index contributed by atoms with van der Waals surface area (Å²) in [6, 6.07) is -0.440. The Labute approximate surface area is 95.1 Å². The van der Waals surface area contributed by atoms with Crippen molar-refractivity contribution in [1.82, 2.24) is 5.32 Å². The van der Waals surface area contributed by atoms with Gasteiger partial charge in [0, 0.05) is 11.3 Å². The highest BCUT2D eigenvalue weighted by Gasteiger charge is 2.34. The SMILES string of the molecule is CCC1(CC)CSC(=NC(C)C(N)=O)N1. The Kier molecular flexibility index (Phi) is 4.02. The molecule has 1 saturated heterocycles. The summed E-state index contributed by atoms with van der Waals surface area (Å²) in [6.07, 6.45) is 2.14. The van der Waals surface area contributed by atoms with Gasteiger partial charge in [0.1, 0.15) is 6.04 Å². The lowest BCUT2D eigenvalue weighted by molar-refractivity contribution is -0.118. The maximum atomic E-state index is 10.9. The molecule has 15 heavy (non-hydrogen) atoms. The zero-order valence-electron chi connectivity index (χ0n) is 9.54. The molecule has 1 heterocycles. The van der Waals surface area contributed by atoms with Crippen LogP contribution in [0.1, 0.15) is 33.6 Å². The summed E-state index contributed by atoms with van der Waals surface area (Å²) in [5.74, 6) is 0.639. The number of hydrogen-bond acceptors (Lipinski definition) is 3. The van der Waals surface area contributed by atoms with Crippen LogP contribution in [0.2, 0.25) is 0 Å². The van der Waals surface area contributed by atoms with Crippen molar-refractivity contribution in [2.24, 2.45) is 10.7 Å². The molecule has 1 fully saturated rings. The molecule has 5 heteroatoms. The Balaban J connectivity index is 2.66. The van der Waals surface area contributed by atoms with Crippen molar-refractivity contribution in [1.29, 1.82) is 0 Å². The van der Waals surface area contributed by atoms with Gasteiger partial charge in [-0.1, -0.05) is 25.6 Å². The first-order valence-corrected chi connectivity index (χ1v) is 6.29. The van der Waals surface area contributed by atoms with Crippen LogP contribution < -0.4 is 11.1 Å². The summed E-state index contributed by atoms with van der Waals surface area (Å²) in [7, 11) is 0. The van der Waals surface area contributed by atoms with Gasteiger partial charge in [-0.3, -0.25) is 4.79 Å². The second-order valence-electron chi connectivity index (χ2n) is 3.91. The number of hydrogen-bond donors (Lipinski definition) is 2. The Morgan fingerprint density at radius 2 is 2.27 bits per heavy atom. The molecule has 1 aliphatic heterocycles. The molecule has 1 atom stereocenters. The average Bonchev–Trinajstić information content (AvgIpc) is 2.62. The van der Waals surface area contributed by atoms with E-state index in [9.17, 15) is 4.79 Å². The van der Waals surface area contributed by atoms with Crippen LogP contribution in [0.25, 0.3) is 0 Å². The monoisotopic (exact) mass is 229 g/mol. The third-order valence-corrected chi connectivity index (χ3v) is 4.11. The van der Waals surface area contributed by atoms with Crippen LogP contribution in [-0.2, 0) is 4.79 Å². The molecule has 0 radical (unpaired) electrons. The summed E-state index contributed by atoms with van der Waals surface area (Å²) < 4.78 is 0. The molecular formula is C10H19N3OS. The second-order valence-corrected chi connectivity index (χ2v) is 4.88. The maximum Gasteiger partial charge on any atom is 0.242 e. The van der Waals surface area contributed by atoms with Crippen molar-refractivity contribution in [3.05, 3.63) is 0 Å². The van der Waals surface area contributed by atoms with E-state index >= 15 is 0 Å².